The quantitative estimate of drug-likeness (QED) is 0.784. The summed E-state index contributed by atoms with van der Waals surface area (Å²) in [6.07, 6.45) is 0. The van der Waals surface area contributed by atoms with E-state index < -0.39 is 8.09 Å². The predicted molar refractivity (Wildman–Crippen MR) is 56.7 cm³/mol. The first-order valence-corrected chi connectivity index (χ1v) is 6.32. The SMILES string of the molecule is CCO[PH]1(NC)Oc2ccccc2O1. The molecular weight excluding hydrogens is 201 g/mol. The number of hydrogen-bond donors (Lipinski definition) is 1. The molecule has 2 rings (SSSR count). The van der Waals surface area contributed by atoms with Crippen molar-refractivity contribution in [2.45, 2.75) is 6.92 Å². The second-order valence-corrected chi connectivity index (χ2v) is 5.20. The van der Waals surface area contributed by atoms with Crippen LogP contribution in [-0.4, -0.2) is 13.7 Å². The van der Waals surface area contributed by atoms with Gasteiger partial charge in [-0.3, -0.25) is 0 Å². The standard InChI is InChI=1S/C9H14NO3P/c1-3-11-14(10-2)12-8-6-4-5-7-9(8)13-14/h4-7,10,14H,3H2,1-2H3. The number of benzene rings is 1. The molecule has 0 saturated carbocycles. The molecule has 0 bridgehead atoms. The molecule has 0 saturated heterocycles. The van der Waals surface area contributed by atoms with Crippen LogP contribution in [0, 0.1) is 0 Å². The van der Waals surface area contributed by atoms with Crippen LogP contribution in [0.3, 0.4) is 0 Å². The first-order chi connectivity index (χ1) is 6.79. The Bertz CT molecular complexity index is 307. The molecule has 1 aliphatic rings. The maximum absolute atomic E-state index is 5.67. The Kier molecular flexibility index (Phi) is 2.59. The second kappa shape index (κ2) is 3.73. The number of fused-ring (bicyclic) bond motifs is 1. The van der Waals surface area contributed by atoms with E-state index >= 15 is 0 Å². The molecule has 1 aliphatic heterocycles. The number of nitrogens with one attached hydrogen (secondary N) is 1. The van der Waals surface area contributed by atoms with E-state index in [1.807, 2.05) is 31.2 Å². The van der Waals surface area contributed by atoms with Crippen LogP contribution in [0.1, 0.15) is 6.92 Å². The Balaban J connectivity index is 2.23. The molecule has 14 heavy (non-hydrogen) atoms. The van der Waals surface area contributed by atoms with Gasteiger partial charge in [0, 0.05) is 0 Å². The van der Waals surface area contributed by atoms with Crippen LogP contribution in [0.25, 0.3) is 0 Å². The van der Waals surface area contributed by atoms with Crippen LogP contribution in [0.2, 0.25) is 0 Å². The molecule has 78 valence electrons. The van der Waals surface area contributed by atoms with Crippen molar-refractivity contribution in [3.63, 3.8) is 0 Å². The minimum atomic E-state index is -2.66. The van der Waals surface area contributed by atoms with Crippen molar-refractivity contribution in [3.8, 4) is 11.5 Å². The first kappa shape index (κ1) is 9.71. The Labute approximate surface area is 83.8 Å². The molecule has 1 aromatic carbocycles. The van der Waals surface area contributed by atoms with E-state index in [4.69, 9.17) is 13.6 Å². The van der Waals surface area contributed by atoms with Gasteiger partial charge in [-0.15, -0.1) is 0 Å². The fourth-order valence-corrected chi connectivity index (χ4v) is 3.16. The summed E-state index contributed by atoms with van der Waals surface area (Å²) in [4.78, 5) is 0. The topological polar surface area (TPSA) is 39.7 Å². The van der Waals surface area contributed by atoms with Gasteiger partial charge >= 0.3 is 83.1 Å². The van der Waals surface area contributed by atoms with Crippen LogP contribution < -0.4 is 14.1 Å². The fraction of sp³-hybridized carbons (Fsp3) is 0.333. The molecule has 1 heterocycles. The third-order valence-corrected chi connectivity index (χ3v) is 4.24. The van der Waals surface area contributed by atoms with Crippen molar-refractivity contribution >= 4 is 8.09 Å². The first-order valence-electron chi connectivity index (χ1n) is 4.59. The van der Waals surface area contributed by atoms with Crippen LogP contribution in [0.4, 0.5) is 0 Å². The molecule has 0 unspecified atom stereocenters. The van der Waals surface area contributed by atoms with Gasteiger partial charge in [-0.1, -0.05) is 0 Å². The van der Waals surface area contributed by atoms with Crippen LogP contribution in [0.5, 0.6) is 11.5 Å². The molecule has 0 atom stereocenters. The van der Waals surface area contributed by atoms with Gasteiger partial charge in [-0.05, 0) is 0 Å². The number of rotatable bonds is 3. The van der Waals surface area contributed by atoms with E-state index in [1.54, 1.807) is 7.05 Å². The zero-order chi connectivity index (χ0) is 10.0. The summed E-state index contributed by atoms with van der Waals surface area (Å²) in [6, 6.07) is 7.57. The van der Waals surface area contributed by atoms with E-state index in [1.165, 1.54) is 0 Å². The van der Waals surface area contributed by atoms with Crippen molar-refractivity contribution in [3.05, 3.63) is 24.3 Å². The molecular formula is C9H14NO3P. The molecule has 4 nitrogen and oxygen atoms in total. The van der Waals surface area contributed by atoms with Crippen molar-refractivity contribution in [1.82, 2.24) is 5.09 Å². The Hall–Kier alpha value is -0.830. The molecule has 1 aromatic rings. The van der Waals surface area contributed by atoms with E-state index in [0.29, 0.717) is 6.61 Å². The van der Waals surface area contributed by atoms with Gasteiger partial charge in [0.15, 0.2) is 0 Å². The van der Waals surface area contributed by atoms with E-state index in [2.05, 4.69) is 5.09 Å². The minimum absolute atomic E-state index is 0.570. The summed E-state index contributed by atoms with van der Waals surface area (Å²) in [5.74, 6) is 1.50. The van der Waals surface area contributed by atoms with Gasteiger partial charge in [-0.25, -0.2) is 0 Å². The Morgan fingerprint density at radius 1 is 1.29 bits per heavy atom. The van der Waals surface area contributed by atoms with Crippen molar-refractivity contribution in [2.24, 2.45) is 0 Å². The Morgan fingerprint density at radius 3 is 2.29 bits per heavy atom. The average molecular weight is 215 g/mol. The molecule has 0 aromatic heterocycles. The predicted octanol–water partition coefficient (Wildman–Crippen LogP) is 2.12. The van der Waals surface area contributed by atoms with Crippen LogP contribution >= 0.6 is 8.09 Å². The second-order valence-electron chi connectivity index (χ2n) is 2.89. The fourth-order valence-electron chi connectivity index (χ4n) is 1.35. The van der Waals surface area contributed by atoms with Gasteiger partial charge in [0.25, 0.3) is 0 Å². The van der Waals surface area contributed by atoms with Gasteiger partial charge in [-0.2, -0.15) is 0 Å². The van der Waals surface area contributed by atoms with Crippen LogP contribution in [-0.2, 0) is 4.52 Å². The summed E-state index contributed by atoms with van der Waals surface area (Å²) in [5, 5.41) is 3.00. The van der Waals surface area contributed by atoms with Gasteiger partial charge in [0.2, 0.25) is 0 Å². The summed E-state index contributed by atoms with van der Waals surface area (Å²) >= 11 is 0. The molecule has 0 spiro atoms. The monoisotopic (exact) mass is 215 g/mol. The average Bonchev–Trinajstić information content (AvgIpc) is 2.57. The van der Waals surface area contributed by atoms with Crippen molar-refractivity contribution in [1.29, 1.82) is 0 Å². The number of hydrogen-bond acceptors (Lipinski definition) is 4. The van der Waals surface area contributed by atoms with Crippen molar-refractivity contribution in [2.75, 3.05) is 13.7 Å². The summed E-state index contributed by atoms with van der Waals surface area (Å²) in [6.45, 7) is 2.49. The third kappa shape index (κ3) is 1.57. The van der Waals surface area contributed by atoms with Crippen molar-refractivity contribution < 1.29 is 13.6 Å². The normalized spacial score (nSPS) is 19.3. The van der Waals surface area contributed by atoms with E-state index in [9.17, 15) is 0 Å². The van der Waals surface area contributed by atoms with Gasteiger partial charge in [0.1, 0.15) is 0 Å². The van der Waals surface area contributed by atoms with Crippen LogP contribution in [0.15, 0.2) is 24.3 Å². The molecule has 0 fully saturated rings. The summed E-state index contributed by atoms with van der Waals surface area (Å²) in [7, 11) is -0.875. The van der Waals surface area contributed by atoms with E-state index in [-0.39, 0.29) is 0 Å². The Morgan fingerprint density at radius 2 is 1.86 bits per heavy atom. The number of para-hydroxylation sites is 2. The van der Waals surface area contributed by atoms with E-state index in [0.717, 1.165) is 11.5 Å². The molecule has 5 heteroatoms. The molecule has 1 N–H and O–H groups in total. The summed E-state index contributed by atoms with van der Waals surface area (Å²) in [5.41, 5.74) is 0. The van der Waals surface area contributed by atoms with Gasteiger partial charge in [0.05, 0.1) is 0 Å². The zero-order valence-electron chi connectivity index (χ0n) is 8.24. The molecule has 0 aliphatic carbocycles. The molecule has 0 radical (unpaired) electrons. The third-order valence-electron chi connectivity index (χ3n) is 1.98. The maximum atomic E-state index is 5.67. The zero-order valence-corrected chi connectivity index (χ0v) is 9.24. The van der Waals surface area contributed by atoms with Gasteiger partial charge < -0.3 is 0 Å². The molecule has 0 amide bonds. The summed E-state index contributed by atoms with van der Waals surface area (Å²) < 4.78 is 16.8.